The van der Waals surface area contributed by atoms with Crippen LogP contribution in [0, 0.1) is 0 Å². The van der Waals surface area contributed by atoms with Crippen molar-refractivity contribution < 1.29 is 0 Å². The molecule has 114 valence electrons. The van der Waals surface area contributed by atoms with E-state index in [1.54, 1.807) is 11.3 Å². The third kappa shape index (κ3) is 4.42. The third-order valence-corrected chi connectivity index (χ3v) is 5.41. The highest BCUT2D eigenvalue weighted by Gasteiger charge is 2.25. The summed E-state index contributed by atoms with van der Waals surface area (Å²) >= 11 is 7.53. The normalized spacial score (nSPS) is 20.1. The molecular formula is C15H26ClN3S. The van der Waals surface area contributed by atoms with Gasteiger partial charge in [0.15, 0.2) is 0 Å². The number of nitrogens with zero attached hydrogens (tertiary/aromatic N) is 3. The van der Waals surface area contributed by atoms with Gasteiger partial charge in [0.25, 0.3) is 0 Å². The smallest absolute Gasteiger partial charge is 0.0929 e. The van der Waals surface area contributed by atoms with Crippen molar-refractivity contribution in [1.82, 2.24) is 14.8 Å². The number of aryl methyl sites for hydroxylation is 1. The van der Waals surface area contributed by atoms with Crippen LogP contribution in [0.5, 0.6) is 0 Å². The van der Waals surface area contributed by atoms with Crippen molar-refractivity contribution >= 4 is 22.9 Å². The monoisotopic (exact) mass is 315 g/mol. The maximum absolute atomic E-state index is 5.78. The summed E-state index contributed by atoms with van der Waals surface area (Å²) < 4.78 is 0. The fourth-order valence-corrected chi connectivity index (χ4v) is 4.10. The van der Waals surface area contributed by atoms with E-state index >= 15 is 0 Å². The molecule has 1 atom stereocenters. The Balaban J connectivity index is 1.68. The first-order chi connectivity index (χ1) is 9.76. The summed E-state index contributed by atoms with van der Waals surface area (Å²) in [6.07, 6.45) is 3.63. The SMILES string of the molecule is CCN(CC)C1CCN(CCCc2nc(CCl)cs2)C1. The van der Waals surface area contributed by atoms with Crippen LogP contribution in [0.3, 0.4) is 0 Å². The zero-order chi connectivity index (χ0) is 14.4. The van der Waals surface area contributed by atoms with Crippen molar-refractivity contribution in [2.45, 2.75) is 45.0 Å². The van der Waals surface area contributed by atoms with Gasteiger partial charge < -0.3 is 4.90 Å². The molecule has 0 amide bonds. The highest BCUT2D eigenvalue weighted by atomic mass is 35.5. The second-order valence-corrected chi connectivity index (χ2v) is 6.64. The summed E-state index contributed by atoms with van der Waals surface area (Å²) in [6.45, 7) is 10.6. The molecule has 20 heavy (non-hydrogen) atoms. The van der Waals surface area contributed by atoms with E-state index in [0.717, 1.165) is 18.2 Å². The van der Waals surface area contributed by atoms with E-state index in [4.69, 9.17) is 11.6 Å². The first kappa shape index (κ1) is 16.2. The van der Waals surface area contributed by atoms with E-state index in [0.29, 0.717) is 5.88 Å². The van der Waals surface area contributed by atoms with Crippen LogP contribution in [0.25, 0.3) is 0 Å². The van der Waals surface area contributed by atoms with Gasteiger partial charge in [-0.05, 0) is 39.0 Å². The Labute approximate surface area is 131 Å². The summed E-state index contributed by atoms with van der Waals surface area (Å²) in [5.41, 5.74) is 1.02. The molecule has 0 bridgehead atoms. The van der Waals surface area contributed by atoms with Gasteiger partial charge in [-0.15, -0.1) is 22.9 Å². The minimum absolute atomic E-state index is 0.536. The van der Waals surface area contributed by atoms with Crippen LogP contribution >= 0.6 is 22.9 Å². The largest absolute Gasteiger partial charge is 0.302 e. The van der Waals surface area contributed by atoms with Crippen LogP contribution in [0.1, 0.15) is 37.4 Å². The Kier molecular flexibility index (Phi) is 6.75. The predicted octanol–water partition coefficient (Wildman–Crippen LogP) is 3.23. The second-order valence-electron chi connectivity index (χ2n) is 5.43. The van der Waals surface area contributed by atoms with Gasteiger partial charge in [-0.25, -0.2) is 4.98 Å². The Morgan fingerprint density at radius 1 is 1.45 bits per heavy atom. The minimum Gasteiger partial charge on any atom is -0.302 e. The molecule has 0 radical (unpaired) electrons. The molecule has 5 heteroatoms. The number of hydrogen-bond acceptors (Lipinski definition) is 4. The van der Waals surface area contributed by atoms with Crippen molar-refractivity contribution in [2.75, 3.05) is 32.7 Å². The highest BCUT2D eigenvalue weighted by molar-refractivity contribution is 7.09. The second kappa shape index (κ2) is 8.32. The van der Waals surface area contributed by atoms with Gasteiger partial charge in [0.2, 0.25) is 0 Å². The minimum atomic E-state index is 0.536. The molecule has 0 aromatic carbocycles. The fraction of sp³-hybridized carbons (Fsp3) is 0.800. The van der Waals surface area contributed by atoms with E-state index < -0.39 is 0 Å². The predicted molar refractivity (Wildman–Crippen MR) is 87.8 cm³/mol. The van der Waals surface area contributed by atoms with E-state index in [1.165, 1.54) is 50.6 Å². The number of thiazole rings is 1. The number of likely N-dealkylation sites (tertiary alicyclic amines) is 1. The van der Waals surface area contributed by atoms with Crippen molar-refractivity contribution in [3.63, 3.8) is 0 Å². The molecular weight excluding hydrogens is 290 g/mol. The topological polar surface area (TPSA) is 19.4 Å². The van der Waals surface area contributed by atoms with Crippen LogP contribution in [-0.4, -0.2) is 53.5 Å². The fourth-order valence-electron chi connectivity index (χ4n) is 3.03. The molecule has 3 nitrogen and oxygen atoms in total. The number of alkyl halides is 1. The zero-order valence-electron chi connectivity index (χ0n) is 12.6. The molecule has 0 saturated carbocycles. The Morgan fingerprint density at radius 2 is 2.25 bits per heavy atom. The molecule has 0 aliphatic carbocycles. The number of aromatic nitrogens is 1. The molecule has 2 rings (SSSR count). The molecule has 0 spiro atoms. The van der Waals surface area contributed by atoms with E-state index in [-0.39, 0.29) is 0 Å². The Bertz CT molecular complexity index is 392. The number of halogens is 1. The summed E-state index contributed by atoms with van der Waals surface area (Å²) in [6, 6.07) is 0.771. The number of hydrogen-bond donors (Lipinski definition) is 0. The maximum Gasteiger partial charge on any atom is 0.0929 e. The van der Waals surface area contributed by atoms with Crippen LogP contribution in [-0.2, 0) is 12.3 Å². The van der Waals surface area contributed by atoms with Gasteiger partial charge >= 0.3 is 0 Å². The third-order valence-electron chi connectivity index (χ3n) is 4.18. The standard InChI is InChI=1S/C15H26ClN3S/c1-3-19(4-2)14-7-9-18(11-14)8-5-6-15-17-13(10-16)12-20-15/h12,14H,3-11H2,1-2H3. The van der Waals surface area contributed by atoms with E-state index in [1.807, 2.05) is 0 Å². The lowest BCUT2D eigenvalue weighted by molar-refractivity contribution is 0.210. The van der Waals surface area contributed by atoms with Gasteiger partial charge in [0.1, 0.15) is 0 Å². The van der Waals surface area contributed by atoms with Gasteiger partial charge in [-0.1, -0.05) is 13.8 Å². The average molecular weight is 316 g/mol. The lowest BCUT2D eigenvalue weighted by Gasteiger charge is -2.26. The molecule has 1 aromatic rings. The average Bonchev–Trinajstić information content (AvgIpc) is 3.10. The molecule has 2 heterocycles. The van der Waals surface area contributed by atoms with E-state index in [2.05, 4.69) is 34.0 Å². The lowest BCUT2D eigenvalue weighted by atomic mass is 10.2. The highest BCUT2D eigenvalue weighted by Crippen LogP contribution is 2.17. The van der Waals surface area contributed by atoms with Crippen molar-refractivity contribution in [2.24, 2.45) is 0 Å². The van der Waals surface area contributed by atoms with Crippen LogP contribution in [0.2, 0.25) is 0 Å². The van der Waals surface area contributed by atoms with Gasteiger partial charge in [-0.2, -0.15) is 0 Å². The van der Waals surface area contributed by atoms with Crippen LogP contribution in [0.15, 0.2) is 5.38 Å². The van der Waals surface area contributed by atoms with Gasteiger partial charge in [0.05, 0.1) is 16.6 Å². The Morgan fingerprint density at radius 3 is 2.90 bits per heavy atom. The molecule has 1 aliphatic heterocycles. The van der Waals surface area contributed by atoms with Gasteiger partial charge in [0, 0.05) is 24.4 Å². The summed E-state index contributed by atoms with van der Waals surface area (Å²) in [5.74, 6) is 0.536. The van der Waals surface area contributed by atoms with Crippen molar-refractivity contribution in [1.29, 1.82) is 0 Å². The van der Waals surface area contributed by atoms with Crippen LogP contribution < -0.4 is 0 Å². The number of rotatable bonds is 8. The molecule has 1 fully saturated rings. The molecule has 1 saturated heterocycles. The van der Waals surface area contributed by atoms with Crippen molar-refractivity contribution in [3.05, 3.63) is 16.1 Å². The van der Waals surface area contributed by atoms with Gasteiger partial charge in [-0.3, -0.25) is 4.90 Å². The summed E-state index contributed by atoms with van der Waals surface area (Å²) in [4.78, 5) is 9.72. The molecule has 0 N–H and O–H groups in total. The van der Waals surface area contributed by atoms with Crippen LogP contribution in [0.4, 0.5) is 0 Å². The first-order valence-electron chi connectivity index (χ1n) is 7.72. The maximum atomic E-state index is 5.78. The first-order valence-corrected chi connectivity index (χ1v) is 9.13. The zero-order valence-corrected chi connectivity index (χ0v) is 14.2. The summed E-state index contributed by atoms with van der Waals surface area (Å²) in [7, 11) is 0. The lowest BCUT2D eigenvalue weighted by Crippen LogP contribution is -2.37. The van der Waals surface area contributed by atoms with E-state index in [9.17, 15) is 0 Å². The summed E-state index contributed by atoms with van der Waals surface area (Å²) in [5, 5.41) is 3.31. The Hall–Kier alpha value is -0.160. The molecule has 1 unspecified atom stereocenters. The molecule has 1 aromatic heterocycles. The molecule has 1 aliphatic rings. The quantitative estimate of drug-likeness (QED) is 0.687. The number of likely N-dealkylation sites (N-methyl/N-ethyl adjacent to an activating group) is 1. The van der Waals surface area contributed by atoms with Crippen molar-refractivity contribution in [3.8, 4) is 0 Å².